The van der Waals surface area contributed by atoms with Crippen LogP contribution in [0.1, 0.15) is 26.2 Å². The largest absolute Gasteiger partial charge is 0.494 e. The number of hydrogen-bond acceptors (Lipinski definition) is 1. The van der Waals surface area contributed by atoms with E-state index in [9.17, 15) is 0 Å². The minimum absolute atomic E-state index is 0.800. The third-order valence-corrected chi connectivity index (χ3v) is 3.37. The van der Waals surface area contributed by atoms with Crippen LogP contribution in [0.15, 0.2) is 30.5 Å². The van der Waals surface area contributed by atoms with E-state index in [1.807, 2.05) is 0 Å². The second-order valence-corrected chi connectivity index (χ2v) is 4.98. The highest BCUT2D eigenvalue weighted by atomic mass is 16.5. The Labute approximate surface area is 102 Å². The van der Waals surface area contributed by atoms with Crippen molar-refractivity contribution in [3.05, 3.63) is 30.5 Å². The van der Waals surface area contributed by atoms with Crippen LogP contribution in [0.2, 0.25) is 0 Å². The van der Waals surface area contributed by atoms with Gasteiger partial charge in [0, 0.05) is 23.6 Å². The lowest BCUT2D eigenvalue weighted by molar-refractivity contribution is 0.318. The van der Waals surface area contributed by atoms with Crippen LogP contribution in [0.5, 0.6) is 5.75 Å². The molecule has 1 fully saturated rings. The molecule has 1 heterocycles. The van der Waals surface area contributed by atoms with Gasteiger partial charge >= 0.3 is 0 Å². The molecule has 2 heteroatoms. The summed E-state index contributed by atoms with van der Waals surface area (Å²) < 4.78 is 8.03. The highest BCUT2D eigenvalue weighted by Gasteiger charge is 2.21. The smallest absolute Gasteiger partial charge is 0.120 e. The first-order chi connectivity index (χ1) is 8.36. The summed E-state index contributed by atoms with van der Waals surface area (Å²) in [5.41, 5.74) is 1.33. The maximum Gasteiger partial charge on any atom is 0.120 e. The molecule has 0 radical (unpaired) electrons. The Kier molecular flexibility index (Phi) is 2.79. The van der Waals surface area contributed by atoms with Gasteiger partial charge in [-0.1, -0.05) is 6.92 Å². The molecule has 1 aromatic heterocycles. The van der Waals surface area contributed by atoms with Crippen molar-refractivity contribution in [3.63, 3.8) is 0 Å². The molecule has 17 heavy (non-hydrogen) atoms. The van der Waals surface area contributed by atoms with Gasteiger partial charge < -0.3 is 9.30 Å². The molecule has 1 saturated carbocycles. The second kappa shape index (κ2) is 4.44. The molecule has 0 aliphatic heterocycles. The Morgan fingerprint density at radius 1 is 1.29 bits per heavy atom. The first-order valence-electron chi connectivity index (χ1n) is 6.58. The van der Waals surface area contributed by atoms with Crippen LogP contribution in [0.25, 0.3) is 10.9 Å². The van der Waals surface area contributed by atoms with E-state index in [1.165, 1.54) is 30.3 Å². The standard InChI is InChI=1S/C15H19NO/c1-2-9-17-14-5-6-15-13(10-14)7-8-16(15)11-12-3-4-12/h5-8,10,12H,2-4,9,11H2,1H3. The van der Waals surface area contributed by atoms with Crippen molar-refractivity contribution in [2.24, 2.45) is 5.92 Å². The number of benzene rings is 1. The molecule has 0 saturated heterocycles. The van der Waals surface area contributed by atoms with Crippen LogP contribution in [0, 0.1) is 5.92 Å². The number of fused-ring (bicyclic) bond motifs is 1. The van der Waals surface area contributed by atoms with Crippen molar-refractivity contribution in [1.29, 1.82) is 0 Å². The Morgan fingerprint density at radius 3 is 2.94 bits per heavy atom. The van der Waals surface area contributed by atoms with Crippen molar-refractivity contribution in [2.75, 3.05) is 6.61 Å². The highest BCUT2D eigenvalue weighted by Crippen LogP contribution is 2.32. The molecule has 0 spiro atoms. The summed E-state index contributed by atoms with van der Waals surface area (Å²) in [6.07, 6.45) is 6.06. The van der Waals surface area contributed by atoms with Crippen molar-refractivity contribution in [2.45, 2.75) is 32.7 Å². The van der Waals surface area contributed by atoms with E-state index >= 15 is 0 Å². The van der Waals surface area contributed by atoms with E-state index < -0.39 is 0 Å². The molecule has 1 aliphatic rings. The summed E-state index contributed by atoms with van der Waals surface area (Å²) in [5, 5.41) is 1.29. The van der Waals surface area contributed by atoms with E-state index in [0.29, 0.717) is 0 Å². The number of rotatable bonds is 5. The van der Waals surface area contributed by atoms with E-state index in [-0.39, 0.29) is 0 Å². The summed E-state index contributed by atoms with van der Waals surface area (Å²) in [6, 6.07) is 8.61. The summed E-state index contributed by atoms with van der Waals surface area (Å²) in [6.45, 7) is 4.11. The SMILES string of the molecule is CCCOc1ccc2c(ccn2CC2CC2)c1. The molecule has 0 bridgehead atoms. The van der Waals surface area contributed by atoms with Crippen LogP contribution in [-0.2, 0) is 6.54 Å². The number of hydrogen-bond donors (Lipinski definition) is 0. The van der Waals surface area contributed by atoms with E-state index in [2.05, 4.69) is 42.0 Å². The van der Waals surface area contributed by atoms with Crippen LogP contribution < -0.4 is 4.74 Å². The van der Waals surface area contributed by atoms with Gasteiger partial charge in [0.15, 0.2) is 0 Å². The van der Waals surface area contributed by atoms with Crippen molar-refractivity contribution in [1.82, 2.24) is 4.57 Å². The minimum atomic E-state index is 0.800. The molecule has 0 unspecified atom stereocenters. The average molecular weight is 229 g/mol. The minimum Gasteiger partial charge on any atom is -0.494 e. The lowest BCUT2D eigenvalue weighted by Crippen LogP contribution is -1.98. The Balaban J connectivity index is 1.84. The molecule has 1 aliphatic carbocycles. The van der Waals surface area contributed by atoms with Gasteiger partial charge in [-0.25, -0.2) is 0 Å². The van der Waals surface area contributed by atoms with E-state index in [4.69, 9.17) is 4.74 Å². The molecule has 90 valence electrons. The van der Waals surface area contributed by atoms with Crippen LogP contribution >= 0.6 is 0 Å². The van der Waals surface area contributed by atoms with Gasteiger partial charge in [-0.3, -0.25) is 0 Å². The van der Waals surface area contributed by atoms with Crippen molar-refractivity contribution < 1.29 is 4.74 Å². The van der Waals surface area contributed by atoms with Gasteiger partial charge in [0.25, 0.3) is 0 Å². The third-order valence-electron chi connectivity index (χ3n) is 3.37. The van der Waals surface area contributed by atoms with Gasteiger partial charge in [0.2, 0.25) is 0 Å². The maximum atomic E-state index is 5.66. The quantitative estimate of drug-likeness (QED) is 0.759. The number of nitrogens with zero attached hydrogens (tertiary/aromatic N) is 1. The summed E-state index contributed by atoms with van der Waals surface area (Å²) in [4.78, 5) is 0. The molecular weight excluding hydrogens is 210 g/mol. The summed E-state index contributed by atoms with van der Waals surface area (Å²) in [5.74, 6) is 1.91. The monoisotopic (exact) mass is 229 g/mol. The van der Waals surface area contributed by atoms with Gasteiger partial charge in [-0.2, -0.15) is 0 Å². The normalized spacial score (nSPS) is 15.4. The van der Waals surface area contributed by atoms with Crippen molar-refractivity contribution >= 4 is 10.9 Å². The fourth-order valence-corrected chi connectivity index (χ4v) is 2.23. The zero-order valence-corrected chi connectivity index (χ0v) is 10.4. The molecule has 2 aromatic rings. The highest BCUT2D eigenvalue weighted by molar-refractivity contribution is 5.81. The zero-order valence-electron chi connectivity index (χ0n) is 10.4. The van der Waals surface area contributed by atoms with E-state index in [1.54, 1.807) is 0 Å². The summed E-state index contributed by atoms with van der Waals surface area (Å²) >= 11 is 0. The van der Waals surface area contributed by atoms with Crippen LogP contribution in [-0.4, -0.2) is 11.2 Å². The van der Waals surface area contributed by atoms with Crippen LogP contribution in [0.4, 0.5) is 0 Å². The fourth-order valence-electron chi connectivity index (χ4n) is 2.23. The Bertz CT molecular complexity index is 511. The molecule has 0 atom stereocenters. The first-order valence-corrected chi connectivity index (χ1v) is 6.58. The van der Waals surface area contributed by atoms with Gasteiger partial charge in [0.05, 0.1) is 6.61 Å². The van der Waals surface area contributed by atoms with Gasteiger partial charge in [-0.05, 0) is 49.4 Å². The molecule has 2 nitrogen and oxygen atoms in total. The molecule has 0 N–H and O–H groups in total. The second-order valence-electron chi connectivity index (χ2n) is 4.98. The molecular formula is C15H19NO. The third kappa shape index (κ3) is 2.31. The Hall–Kier alpha value is -1.44. The lowest BCUT2D eigenvalue weighted by Gasteiger charge is -2.06. The van der Waals surface area contributed by atoms with Crippen LogP contribution in [0.3, 0.4) is 0 Å². The number of aromatic nitrogens is 1. The fraction of sp³-hybridized carbons (Fsp3) is 0.467. The van der Waals surface area contributed by atoms with Gasteiger partial charge in [-0.15, -0.1) is 0 Å². The molecule has 3 rings (SSSR count). The molecule has 0 amide bonds. The predicted octanol–water partition coefficient (Wildman–Crippen LogP) is 3.84. The van der Waals surface area contributed by atoms with E-state index in [0.717, 1.165) is 24.7 Å². The lowest BCUT2D eigenvalue weighted by atomic mass is 10.2. The first kappa shape index (κ1) is 10.7. The molecule has 1 aromatic carbocycles. The zero-order chi connectivity index (χ0) is 11.7. The summed E-state index contributed by atoms with van der Waals surface area (Å²) in [7, 11) is 0. The van der Waals surface area contributed by atoms with Crippen molar-refractivity contribution in [3.8, 4) is 5.75 Å². The maximum absolute atomic E-state index is 5.66. The number of ether oxygens (including phenoxy) is 1. The average Bonchev–Trinajstić information content (AvgIpc) is 3.08. The predicted molar refractivity (Wildman–Crippen MR) is 70.4 cm³/mol. The Morgan fingerprint density at radius 2 is 2.18 bits per heavy atom. The topological polar surface area (TPSA) is 14.2 Å². The van der Waals surface area contributed by atoms with Gasteiger partial charge in [0.1, 0.15) is 5.75 Å².